The average Bonchev–Trinajstić information content (AvgIpc) is 2.26. The Labute approximate surface area is 134 Å². The van der Waals surface area contributed by atoms with Gasteiger partial charge >= 0.3 is 5.97 Å². The Kier molecular flexibility index (Phi) is 5.99. The molecule has 2 N–H and O–H groups in total. The smallest absolute Gasteiger partial charge is 0.321 e. The number of halogens is 2. The average molecular weight is 430 g/mol. The molecule has 1 aromatic carbocycles. The Morgan fingerprint density at radius 3 is 2.50 bits per heavy atom. The van der Waals surface area contributed by atoms with Crippen LogP contribution in [0.2, 0.25) is 0 Å². The highest BCUT2D eigenvalue weighted by atomic mass is 79.9. The molecule has 9 heteroatoms. The molecule has 0 aromatic heterocycles. The number of ether oxygens (including phenoxy) is 1. The minimum absolute atomic E-state index is 0.0764. The van der Waals surface area contributed by atoms with Crippen LogP contribution in [0.25, 0.3) is 0 Å². The molecule has 0 saturated heterocycles. The fourth-order valence-electron chi connectivity index (χ4n) is 1.48. The van der Waals surface area contributed by atoms with Crippen LogP contribution >= 0.6 is 31.9 Å². The third kappa shape index (κ3) is 3.94. The predicted octanol–water partition coefficient (Wildman–Crippen LogP) is 1.98. The summed E-state index contributed by atoms with van der Waals surface area (Å²) in [5.41, 5.74) is 5.84. The molecule has 20 heavy (non-hydrogen) atoms. The van der Waals surface area contributed by atoms with E-state index in [2.05, 4.69) is 31.9 Å². The Hall–Kier alpha value is -0.640. The molecule has 0 aliphatic heterocycles. The van der Waals surface area contributed by atoms with E-state index in [1.54, 1.807) is 13.0 Å². The first-order valence-electron chi connectivity index (χ1n) is 5.56. The van der Waals surface area contributed by atoms with Crippen molar-refractivity contribution in [3.8, 4) is 0 Å². The van der Waals surface area contributed by atoms with Crippen LogP contribution < -0.4 is 5.73 Å². The van der Waals surface area contributed by atoms with Gasteiger partial charge in [-0.1, -0.05) is 15.9 Å². The maximum atomic E-state index is 12.4. The fourth-order valence-corrected chi connectivity index (χ4v) is 4.60. The van der Waals surface area contributed by atoms with Gasteiger partial charge in [-0.15, -0.1) is 0 Å². The van der Waals surface area contributed by atoms with E-state index >= 15 is 0 Å². The van der Waals surface area contributed by atoms with E-state index in [1.165, 1.54) is 13.1 Å². The molecular weight excluding hydrogens is 416 g/mol. The summed E-state index contributed by atoms with van der Waals surface area (Å²) in [7, 11) is -2.60. The van der Waals surface area contributed by atoms with E-state index in [9.17, 15) is 13.2 Å². The number of benzene rings is 1. The predicted molar refractivity (Wildman–Crippen MR) is 82.7 cm³/mol. The molecule has 0 unspecified atom stereocenters. The quantitative estimate of drug-likeness (QED) is 0.570. The van der Waals surface area contributed by atoms with Crippen molar-refractivity contribution in [3.05, 3.63) is 21.1 Å². The molecule has 0 heterocycles. The van der Waals surface area contributed by atoms with Crippen LogP contribution in [0.5, 0.6) is 0 Å². The summed E-state index contributed by atoms with van der Waals surface area (Å²) >= 11 is 6.39. The van der Waals surface area contributed by atoms with Gasteiger partial charge < -0.3 is 10.5 Å². The number of hydrogen-bond acceptors (Lipinski definition) is 5. The second kappa shape index (κ2) is 6.88. The number of likely N-dealkylation sites (N-methyl/N-ethyl adjacent to an activating group) is 1. The zero-order chi connectivity index (χ0) is 15.5. The van der Waals surface area contributed by atoms with E-state index < -0.39 is 16.0 Å². The second-order valence-electron chi connectivity index (χ2n) is 3.87. The van der Waals surface area contributed by atoms with Crippen LogP contribution in [0.1, 0.15) is 6.92 Å². The lowest BCUT2D eigenvalue weighted by Gasteiger charge is -2.18. The van der Waals surface area contributed by atoms with E-state index in [0.717, 1.165) is 4.31 Å². The molecule has 1 aromatic rings. The van der Waals surface area contributed by atoms with Gasteiger partial charge in [0.1, 0.15) is 11.4 Å². The molecule has 0 aliphatic rings. The SMILES string of the molecule is CCOC(=O)CN(C)S(=O)(=O)c1c(N)cc(Br)cc1Br. The highest BCUT2D eigenvalue weighted by Gasteiger charge is 2.28. The molecule has 0 fully saturated rings. The van der Waals surface area contributed by atoms with Crippen LogP contribution in [-0.4, -0.2) is 38.9 Å². The van der Waals surface area contributed by atoms with Crippen molar-refractivity contribution in [2.45, 2.75) is 11.8 Å². The van der Waals surface area contributed by atoms with Gasteiger partial charge in [0.15, 0.2) is 0 Å². The maximum Gasteiger partial charge on any atom is 0.321 e. The minimum Gasteiger partial charge on any atom is -0.465 e. The molecule has 0 amide bonds. The molecule has 0 saturated carbocycles. The molecule has 0 radical (unpaired) electrons. The summed E-state index contributed by atoms with van der Waals surface area (Å²) in [5.74, 6) is -0.620. The lowest BCUT2D eigenvalue weighted by Crippen LogP contribution is -2.33. The van der Waals surface area contributed by atoms with Gasteiger partial charge in [-0.3, -0.25) is 4.79 Å². The summed E-state index contributed by atoms with van der Waals surface area (Å²) in [4.78, 5) is 11.3. The van der Waals surface area contributed by atoms with Crippen molar-refractivity contribution in [1.29, 1.82) is 0 Å². The summed E-state index contributed by atoms with van der Waals surface area (Å²) in [6, 6.07) is 3.05. The largest absolute Gasteiger partial charge is 0.465 e. The number of anilines is 1. The monoisotopic (exact) mass is 428 g/mol. The third-order valence-corrected chi connectivity index (χ3v) is 5.63. The van der Waals surface area contributed by atoms with Crippen molar-refractivity contribution < 1.29 is 17.9 Å². The Bertz CT molecular complexity index is 596. The number of nitrogens with two attached hydrogens (primary N) is 1. The summed E-state index contributed by atoms with van der Waals surface area (Å²) in [5, 5.41) is 0. The zero-order valence-corrected chi connectivity index (χ0v) is 14.9. The second-order valence-corrected chi connectivity index (χ2v) is 7.62. The number of hydrogen-bond donors (Lipinski definition) is 1. The van der Waals surface area contributed by atoms with E-state index in [0.29, 0.717) is 8.95 Å². The number of carbonyl (C=O) groups is 1. The molecule has 0 spiro atoms. The van der Waals surface area contributed by atoms with Crippen LogP contribution in [0, 0.1) is 0 Å². The molecule has 0 atom stereocenters. The molecule has 1 rings (SSSR count). The summed E-state index contributed by atoms with van der Waals surface area (Å²) in [6.07, 6.45) is 0. The molecule has 6 nitrogen and oxygen atoms in total. The van der Waals surface area contributed by atoms with Crippen LogP contribution in [0.3, 0.4) is 0 Å². The molecule has 112 valence electrons. The highest BCUT2D eigenvalue weighted by Crippen LogP contribution is 2.33. The first kappa shape index (κ1) is 17.4. The van der Waals surface area contributed by atoms with Gasteiger partial charge in [0.05, 0.1) is 12.3 Å². The van der Waals surface area contributed by atoms with Crippen LogP contribution in [-0.2, 0) is 19.6 Å². The van der Waals surface area contributed by atoms with Crippen molar-refractivity contribution >= 4 is 53.5 Å². The molecule has 0 bridgehead atoms. The zero-order valence-electron chi connectivity index (χ0n) is 10.9. The Morgan fingerprint density at radius 2 is 2.00 bits per heavy atom. The number of sulfonamides is 1. The van der Waals surface area contributed by atoms with Gasteiger partial charge in [0.25, 0.3) is 0 Å². The number of carbonyl (C=O) groups excluding carboxylic acids is 1. The molecule has 0 aliphatic carbocycles. The van der Waals surface area contributed by atoms with Crippen molar-refractivity contribution in [2.24, 2.45) is 0 Å². The topological polar surface area (TPSA) is 89.7 Å². The third-order valence-electron chi connectivity index (χ3n) is 2.36. The number of nitrogen functional groups attached to an aromatic ring is 1. The Morgan fingerprint density at radius 1 is 1.40 bits per heavy atom. The van der Waals surface area contributed by atoms with Gasteiger partial charge in [-0.25, -0.2) is 8.42 Å². The molecular formula is C11H14Br2N2O4S. The number of rotatable bonds is 5. The highest BCUT2D eigenvalue weighted by molar-refractivity contribution is 9.11. The van der Waals surface area contributed by atoms with E-state index in [1.807, 2.05) is 0 Å². The number of nitrogens with zero attached hydrogens (tertiary/aromatic N) is 1. The van der Waals surface area contributed by atoms with Crippen LogP contribution in [0.4, 0.5) is 5.69 Å². The Balaban J connectivity index is 3.14. The number of esters is 1. The first-order valence-corrected chi connectivity index (χ1v) is 8.59. The van der Waals surface area contributed by atoms with Gasteiger partial charge in [-0.2, -0.15) is 4.31 Å². The minimum atomic E-state index is -3.89. The van der Waals surface area contributed by atoms with Gasteiger partial charge in [-0.05, 0) is 35.0 Å². The summed E-state index contributed by atoms with van der Waals surface area (Å²) < 4.78 is 31.4. The van der Waals surface area contributed by atoms with Crippen molar-refractivity contribution in [1.82, 2.24) is 4.31 Å². The van der Waals surface area contributed by atoms with E-state index in [-0.39, 0.29) is 23.7 Å². The van der Waals surface area contributed by atoms with Gasteiger partial charge in [0.2, 0.25) is 10.0 Å². The van der Waals surface area contributed by atoms with Crippen molar-refractivity contribution in [3.63, 3.8) is 0 Å². The normalized spacial score (nSPS) is 11.7. The standard InChI is InChI=1S/C11H14Br2N2O4S/c1-3-19-10(16)6-15(2)20(17,18)11-8(13)4-7(12)5-9(11)14/h4-5H,3,6,14H2,1-2H3. The van der Waals surface area contributed by atoms with Crippen LogP contribution in [0.15, 0.2) is 26.0 Å². The van der Waals surface area contributed by atoms with Gasteiger partial charge in [0, 0.05) is 16.0 Å². The summed E-state index contributed by atoms with van der Waals surface area (Å²) in [6.45, 7) is 1.46. The van der Waals surface area contributed by atoms with E-state index in [4.69, 9.17) is 10.5 Å². The lowest BCUT2D eigenvalue weighted by atomic mass is 10.3. The first-order chi connectivity index (χ1) is 9.20. The lowest BCUT2D eigenvalue weighted by molar-refractivity contribution is -0.143. The van der Waals surface area contributed by atoms with Crippen molar-refractivity contribution in [2.75, 3.05) is 25.9 Å². The fraction of sp³-hybridized carbons (Fsp3) is 0.364. The maximum absolute atomic E-state index is 12.4.